The van der Waals surface area contributed by atoms with Crippen LogP contribution in [0.3, 0.4) is 0 Å². The number of benzene rings is 2. The molecule has 6 heteroatoms. The maximum Gasteiger partial charge on any atom is 0.248 e. The Kier molecular flexibility index (Phi) is 3.99. The maximum absolute atomic E-state index is 11.7. The van der Waals surface area contributed by atoms with Gasteiger partial charge in [0.2, 0.25) is 5.91 Å². The number of aromatic hydroxyl groups is 4. The Morgan fingerprint density at radius 1 is 0.857 bits per heavy atom. The van der Waals surface area contributed by atoms with Crippen molar-refractivity contribution in [2.45, 2.75) is 0 Å². The second-order valence-corrected chi connectivity index (χ2v) is 4.27. The molecule has 0 unspecified atom stereocenters. The number of phenolic OH excluding ortho intramolecular Hbond substituents is 4. The van der Waals surface area contributed by atoms with Crippen molar-refractivity contribution in [3.8, 4) is 23.0 Å². The second-order valence-electron chi connectivity index (χ2n) is 4.27. The molecule has 21 heavy (non-hydrogen) atoms. The average molecular weight is 287 g/mol. The number of phenols is 4. The number of amides is 1. The van der Waals surface area contributed by atoms with Crippen molar-refractivity contribution < 1.29 is 25.2 Å². The third-order valence-corrected chi connectivity index (χ3v) is 2.67. The van der Waals surface area contributed by atoms with Crippen LogP contribution in [0.4, 0.5) is 5.69 Å². The van der Waals surface area contributed by atoms with Gasteiger partial charge in [-0.3, -0.25) is 4.79 Å². The quantitative estimate of drug-likeness (QED) is 0.337. The van der Waals surface area contributed by atoms with E-state index in [2.05, 4.69) is 5.32 Å². The summed E-state index contributed by atoms with van der Waals surface area (Å²) in [7, 11) is 0. The first-order chi connectivity index (χ1) is 9.95. The number of nitrogens with one attached hydrogen (secondary N) is 1. The van der Waals surface area contributed by atoms with E-state index in [-0.39, 0.29) is 23.0 Å². The Bertz CT molecular complexity index is 709. The van der Waals surface area contributed by atoms with E-state index < -0.39 is 5.91 Å². The molecule has 0 fully saturated rings. The minimum Gasteiger partial charge on any atom is -0.504 e. The molecule has 0 saturated heterocycles. The van der Waals surface area contributed by atoms with E-state index in [4.69, 9.17) is 10.2 Å². The van der Waals surface area contributed by atoms with Crippen LogP contribution in [0.5, 0.6) is 23.0 Å². The maximum atomic E-state index is 11.7. The van der Waals surface area contributed by atoms with Crippen LogP contribution in [0.25, 0.3) is 6.08 Å². The molecular formula is C15H13NO5. The molecule has 108 valence electrons. The van der Waals surface area contributed by atoms with Gasteiger partial charge in [-0.1, -0.05) is 6.07 Å². The summed E-state index contributed by atoms with van der Waals surface area (Å²) in [6.45, 7) is 0. The molecule has 0 bridgehead atoms. The summed E-state index contributed by atoms with van der Waals surface area (Å²) in [5.74, 6) is -1.58. The van der Waals surface area contributed by atoms with Crippen molar-refractivity contribution in [3.63, 3.8) is 0 Å². The van der Waals surface area contributed by atoms with Gasteiger partial charge >= 0.3 is 0 Å². The summed E-state index contributed by atoms with van der Waals surface area (Å²) in [5, 5.41) is 39.4. The van der Waals surface area contributed by atoms with Gasteiger partial charge in [-0.15, -0.1) is 0 Å². The van der Waals surface area contributed by atoms with Crippen LogP contribution in [-0.2, 0) is 4.79 Å². The largest absolute Gasteiger partial charge is 0.504 e. The fraction of sp³-hybridized carbons (Fsp3) is 0. The minimum atomic E-state index is -0.451. The van der Waals surface area contributed by atoms with Crippen LogP contribution < -0.4 is 5.32 Å². The Hall–Kier alpha value is -3.15. The zero-order valence-corrected chi connectivity index (χ0v) is 10.8. The van der Waals surface area contributed by atoms with Crippen LogP contribution in [0.2, 0.25) is 0 Å². The van der Waals surface area contributed by atoms with Gasteiger partial charge in [-0.2, -0.15) is 0 Å². The van der Waals surface area contributed by atoms with E-state index in [1.165, 1.54) is 48.6 Å². The molecule has 0 saturated carbocycles. The molecule has 6 nitrogen and oxygen atoms in total. The van der Waals surface area contributed by atoms with E-state index in [0.717, 1.165) is 0 Å². The first kappa shape index (κ1) is 14.3. The van der Waals surface area contributed by atoms with Crippen LogP contribution >= 0.6 is 0 Å². The molecule has 5 N–H and O–H groups in total. The van der Waals surface area contributed by atoms with Crippen molar-refractivity contribution >= 4 is 17.7 Å². The van der Waals surface area contributed by atoms with E-state index >= 15 is 0 Å². The summed E-state index contributed by atoms with van der Waals surface area (Å²) in [4.78, 5) is 11.7. The predicted molar refractivity (Wildman–Crippen MR) is 77.2 cm³/mol. The van der Waals surface area contributed by atoms with Crippen LogP contribution in [0.1, 0.15) is 5.56 Å². The smallest absolute Gasteiger partial charge is 0.248 e. The highest BCUT2D eigenvalue weighted by molar-refractivity contribution is 6.02. The molecule has 0 radical (unpaired) electrons. The zero-order valence-electron chi connectivity index (χ0n) is 10.8. The summed E-state index contributed by atoms with van der Waals surface area (Å²) in [6.07, 6.45) is 2.69. The van der Waals surface area contributed by atoms with Crippen molar-refractivity contribution in [1.82, 2.24) is 0 Å². The molecule has 0 aliphatic carbocycles. The van der Waals surface area contributed by atoms with Gasteiger partial charge < -0.3 is 25.7 Å². The van der Waals surface area contributed by atoms with E-state index in [9.17, 15) is 15.0 Å². The lowest BCUT2D eigenvalue weighted by Crippen LogP contribution is -2.07. The predicted octanol–water partition coefficient (Wildman–Crippen LogP) is 2.16. The standard InChI is InChI=1S/C15H13NO5/c17-11-4-1-9(7-13(11)19)2-6-15(21)16-10-3-5-12(18)14(20)8-10/h1-8,17-20H,(H,16,21). The van der Waals surface area contributed by atoms with E-state index in [0.29, 0.717) is 11.3 Å². The fourth-order valence-corrected chi connectivity index (χ4v) is 1.60. The van der Waals surface area contributed by atoms with Crippen molar-refractivity contribution in [2.75, 3.05) is 5.32 Å². The zero-order chi connectivity index (χ0) is 15.4. The molecule has 0 spiro atoms. The molecule has 0 atom stereocenters. The van der Waals surface area contributed by atoms with Gasteiger partial charge in [0.25, 0.3) is 0 Å². The number of rotatable bonds is 3. The molecule has 2 rings (SSSR count). The molecule has 1 amide bonds. The summed E-state index contributed by atoms with van der Waals surface area (Å²) < 4.78 is 0. The Balaban J connectivity index is 2.05. The van der Waals surface area contributed by atoms with Crippen molar-refractivity contribution in [2.24, 2.45) is 0 Å². The Morgan fingerprint density at radius 3 is 2.10 bits per heavy atom. The Labute approximate surface area is 120 Å². The van der Waals surface area contributed by atoms with Gasteiger partial charge in [-0.05, 0) is 35.9 Å². The first-order valence-electron chi connectivity index (χ1n) is 5.99. The molecule has 2 aromatic carbocycles. The minimum absolute atomic E-state index is 0.240. The van der Waals surface area contributed by atoms with Crippen molar-refractivity contribution in [1.29, 1.82) is 0 Å². The second kappa shape index (κ2) is 5.87. The highest BCUT2D eigenvalue weighted by atomic mass is 16.3. The number of carbonyl (C=O) groups excluding carboxylic acids is 1. The van der Waals surface area contributed by atoms with Crippen molar-refractivity contribution in [3.05, 3.63) is 48.0 Å². The number of hydrogen-bond acceptors (Lipinski definition) is 5. The van der Waals surface area contributed by atoms with Gasteiger partial charge in [0.05, 0.1) is 0 Å². The highest BCUT2D eigenvalue weighted by Crippen LogP contribution is 2.27. The summed E-state index contributed by atoms with van der Waals surface area (Å²) >= 11 is 0. The molecule has 0 aliphatic heterocycles. The normalized spacial score (nSPS) is 10.7. The lowest BCUT2D eigenvalue weighted by molar-refractivity contribution is -0.111. The monoisotopic (exact) mass is 287 g/mol. The molecule has 0 aliphatic rings. The van der Waals surface area contributed by atoms with Crippen LogP contribution in [0.15, 0.2) is 42.5 Å². The average Bonchev–Trinajstić information content (AvgIpc) is 2.44. The third kappa shape index (κ3) is 3.66. The lowest BCUT2D eigenvalue weighted by Gasteiger charge is -2.04. The van der Waals surface area contributed by atoms with Gasteiger partial charge in [0, 0.05) is 17.8 Å². The van der Waals surface area contributed by atoms with Crippen LogP contribution in [-0.4, -0.2) is 26.3 Å². The summed E-state index contributed by atoms with van der Waals surface area (Å²) in [5.41, 5.74) is 0.863. The molecule has 0 aromatic heterocycles. The van der Waals surface area contributed by atoms with E-state index in [1.54, 1.807) is 0 Å². The number of anilines is 1. The SMILES string of the molecule is O=C(C=Cc1ccc(O)c(O)c1)Nc1ccc(O)c(O)c1. The summed E-state index contributed by atoms with van der Waals surface area (Å²) in [6, 6.07) is 8.06. The molecular weight excluding hydrogens is 274 g/mol. The Morgan fingerprint density at radius 2 is 1.48 bits per heavy atom. The third-order valence-electron chi connectivity index (χ3n) is 2.67. The lowest BCUT2D eigenvalue weighted by atomic mass is 10.2. The van der Waals surface area contributed by atoms with Gasteiger partial charge in [0.1, 0.15) is 0 Å². The molecule has 2 aromatic rings. The van der Waals surface area contributed by atoms with E-state index in [1.807, 2.05) is 0 Å². The van der Waals surface area contributed by atoms with Gasteiger partial charge in [0.15, 0.2) is 23.0 Å². The fourth-order valence-electron chi connectivity index (χ4n) is 1.60. The first-order valence-corrected chi connectivity index (χ1v) is 5.99. The number of hydrogen-bond donors (Lipinski definition) is 5. The van der Waals surface area contributed by atoms with Gasteiger partial charge in [-0.25, -0.2) is 0 Å². The van der Waals surface area contributed by atoms with Crippen LogP contribution in [0, 0.1) is 0 Å². The molecule has 0 heterocycles. The topological polar surface area (TPSA) is 110 Å². The number of carbonyl (C=O) groups is 1. The highest BCUT2D eigenvalue weighted by Gasteiger charge is 2.03.